The minimum absolute atomic E-state index is 0.336. The van der Waals surface area contributed by atoms with Gasteiger partial charge in [-0.05, 0) is 64.0 Å². The number of rotatable bonds is 7. The van der Waals surface area contributed by atoms with Gasteiger partial charge in [0, 0.05) is 34.6 Å². The summed E-state index contributed by atoms with van der Waals surface area (Å²) < 4.78 is 7.65. The molecular weight excluding hydrogens is 556 g/mol. The van der Waals surface area contributed by atoms with Crippen molar-refractivity contribution in [1.82, 2.24) is 14.6 Å². The zero-order chi connectivity index (χ0) is 25.8. The van der Waals surface area contributed by atoms with E-state index in [9.17, 15) is 4.79 Å². The molecule has 5 rings (SSSR count). The quantitative estimate of drug-likeness (QED) is 0.192. The van der Waals surface area contributed by atoms with Crippen LogP contribution in [0.15, 0.2) is 89.5 Å². The normalized spacial score (nSPS) is 10.8. The number of nitrogens with zero attached hydrogens (tertiary/aromatic N) is 3. The molecule has 2 aromatic heterocycles. The fourth-order valence-corrected chi connectivity index (χ4v) is 4.37. The summed E-state index contributed by atoms with van der Waals surface area (Å²) in [5.74, 6) is 1.47. The smallest absolute Gasteiger partial charge is 0.323 e. The van der Waals surface area contributed by atoms with Crippen LogP contribution in [0.1, 0.15) is 5.56 Å². The van der Waals surface area contributed by atoms with Crippen LogP contribution in [0.5, 0.6) is 5.75 Å². The molecule has 8 nitrogen and oxygen atoms in total. The summed E-state index contributed by atoms with van der Waals surface area (Å²) in [4.78, 5) is 17.2. The minimum atomic E-state index is -0.336. The highest BCUT2D eigenvalue weighted by Gasteiger charge is 2.13. The van der Waals surface area contributed by atoms with Gasteiger partial charge in [0.25, 0.3) is 0 Å². The molecule has 2 amide bonds. The minimum Gasteiger partial charge on any atom is -0.497 e. The number of ether oxygens (including phenoxy) is 1. The van der Waals surface area contributed by atoms with Crippen molar-refractivity contribution in [2.75, 3.05) is 23.1 Å². The lowest BCUT2D eigenvalue weighted by Crippen LogP contribution is -2.19. The molecule has 37 heavy (non-hydrogen) atoms. The lowest BCUT2D eigenvalue weighted by atomic mass is 10.1. The standard InChI is InChI=1S/C27H22BrClN6O2/c1-37-20-11-9-18(10-12-20)32-27(36)33-19-6-4-5-17(13-19)15-30-25-14-24(21-7-2-3-8-23(21)29)34-26-22(28)16-31-35(25)26/h2-14,16,30H,15H2,1H3,(H2,32,33,36). The van der Waals surface area contributed by atoms with Gasteiger partial charge in [-0.2, -0.15) is 9.61 Å². The number of hydrogen-bond acceptors (Lipinski definition) is 5. The third-order valence-electron chi connectivity index (χ3n) is 5.58. The monoisotopic (exact) mass is 576 g/mol. The van der Waals surface area contributed by atoms with E-state index in [0.29, 0.717) is 28.6 Å². The number of amides is 2. The van der Waals surface area contributed by atoms with E-state index >= 15 is 0 Å². The number of halogens is 2. The number of carbonyl (C=O) groups is 1. The van der Waals surface area contributed by atoms with Gasteiger partial charge in [-0.3, -0.25) is 0 Å². The molecule has 0 aliphatic carbocycles. The number of methoxy groups -OCH3 is 1. The van der Waals surface area contributed by atoms with Gasteiger partial charge in [0.2, 0.25) is 0 Å². The van der Waals surface area contributed by atoms with E-state index < -0.39 is 0 Å². The van der Waals surface area contributed by atoms with Crippen LogP contribution in [0.4, 0.5) is 22.0 Å². The Morgan fingerprint density at radius 1 is 1.00 bits per heavy atom. The van der Waals surface area contributed by atoms with Crippen molar-refractivity contribution in [3.63, 3.8) is 0 Å². The average Bonchev–Trinajstić information content (AvgIpc) is 3.29. The van der Waals surface area contributed by atoms with Gasteiger partial charge in [0.15, 0.2) is 5.65 Å². The SMILES string of the molecule is COc1ccc(NC(=O)Nc2cccc(CNc3cc(-c4ccccc4Cl)nc4c(Br)cnn34)c2)cc1. The molecule has 0 bridgehead atoms. The van der Waals surface area contributed by atoms with Gasteiger partial charge in [0.05, 0.1) is 23.5 Å². The molecule has 0 saturated heterocycles. The van der Waals surface area contributed by atoms with Crippen molar-refractivity contribution < 1.29 is 9.53 Å². The topological polar surface area (TPSA) is 92.6 Å². The van der Waals surface area contributed by atoms with Crippen LogP contribution < -0.4 is 20.7 Å². The van der Waals surface area contributed by atoms with Crippen LogP contribution in [-0.4, -0.2) is 27.7 Å². The summed E-state index contributed by atoms with van der Waals surface area (Å²) >= 11 is 9.96. The van der Waals surface area contributed by atoms with E-state index in [1.165, 1.54) is 0 Å². The van der Waals surface area contributed by atoms with Gasteiger partial charge >= 0.3 is 6.03 Å². The molecule has 0 radical (unpaired) electrons. The summed E-state index contributed by atoms with van der Waals surface area (Å²) in [5, 5.41) is 14.2. The molecule has 3 N–H and O–H groups in total. The Labute approximate surface area is 226 Å². The van der Waals surface area contributed by atoms with Crippen LogP contribution in [0.25, 0.3) is 16.9 Å². The van der Waals surface area contributed by atoms with Gasteiger partial charge < -0.3 is 20.7 Å². The number of benzene rings is 3. The van der Waals surface area contributed by atoms with E-state index in [4.69, 9.17) is 21.3 Å². The molecule has 0 atom stereocenters. The maximum Gasteiger partial charge on any atom is 0.323 e. The molecule has 5 aromatic rings. The molecular formula is C27H22BrClN6O2. The van der Waals surface area contributed by atoms with Crippen molar-refractivity contribution in [2.24, 2.45) is 0 Å². The largest absolute Gasteiger partial charge is 0.497 e. The maximum atomic E-state index is 12.5. The third-order valence-corrected chi connectivity index (χ3v) is 6.47. The lowest BCUT2D eigenvalue weighted by Gasteiger charge is -2.13. The second kappa shape index (κ2) is 10.9. The first kappa shape index (κ1) is 24.6. The molecule has 0 fully saturated rings. The molecule has 0 saturated carbocycles. The van der Waals surface area contributed by atoms with E-state index in [2.05, 4.69) is 37.0 Å². The molecule has 3 aromatic carbocycles. The fourth-order valence-electron chi connectivity index (χ4n) is 3.79. The molecule has 10 heteroatoms. The zero-order valence-electron chi connectivity index (χ0n) is 19.7. The highest BCUT2D eigenvalue weighted by molar-refractivity contribution is 9.10. The van der Waals surface area contributed by atoms with E-state index in [1.807, 2.05) is 54.6 Å². The van der Waals surface area contributed by atoms with Crippen LogP contribution in [0, 0.1) is 0 Å². The molecule has 186 valence electrons. The van der Waals surface area contributed by atoms with Crippen LogP contribution >= 0.6 is 27.5 Å². The van der Waals surface area contributed by atoms with Gasteiger partial charge in [0.1, 0.15) is 11.6 Å². The van der Waals surface area contributed by atoms with Crippen LogP contribution in [0.2, 0.25) is 5.02 Å². The summed E-state index contributed by atoms with van der Waals surface area (Å²) in [5.41, 5.74) is 4.54. The lowest BCUT2D eigenvalue weighted by molar-refractivity contribution is 0.262. The number of anilines is 3. The second-order valence-electron chi connectivity index (χ2n) is 8.10. The molecule has 0 unspecified atom stereocenters. The van der Waals surface area contributed by atoms with Crippen molar-refractivity contribution in [3.05, 3.63) is 100 Å². The summed E-state index contributed by atoms with van der Waals surface area (Å²) in [6.45, 7) is 0.494. The summed E-state index contributed by atoms with van der Waals surface area (Å²) in [6, 6.07) is 23.9. The van der Waals surface area contributed by atoms with Gasteiger partial charge in [-0.1, -0.05) is 41.9 Å². The van der Waals surface area contributed by atoms with E-state index in [1.54, 1.807) is 42.1 Å². The molecule has 2 heterocycles. The molecule has 0 aliphatic rings. The number of aromatic nitrogens is 3. The van der Waals surface area contributed by atoms with Crippen molar-refractivity contribution in [1.29, 1.82) is 0 Å². The highest BCUT2D eigenvalue weighted by atomic mass is 79.9. The Hall–Kier alpha value is -4.08. The Bertz CT molecular complexity index is 1570. The number of nitrogens with one attached hydrogen (secondary N) is 3. The maximum absolute atomic E-state index is 12.5. The van der Waals surface area contributed by atoms with Crippen molar-refractivity contribution in [2.45, 2.75) is 6.54 Å². The summed E-state index contributed by atoms with van der Waals surface area (Å²) in [7, 11) is 1.60. The third kappa shape index (κ3) is 5.68. The predicted octanol–water partition coefficient (Wildman–Crippen LogP) is 7.08. The number of urea groups is 1. The highest BCUT2D eigenvalue weighted by Crippen LogP contribution is 2.30. The second-order valence-corrected chi connectivity index (χ2v) is 9.36. The predicted molar refractivity (Wildman–Crippen MR) is 151 cm³/mol. The van der Waals surface area contributed by atoms with Gasteiger partial charge in [-0.25, -0.2) is 9.78 Å². The first-order valence-corrected chi connectivity index (χ1v) is 12.5. The first-order chi connectivity index (χ1) is 18.0. The van der Waals surface area contributed by atoms with Crippen molar-refractivity contribution >= 4 is 56.4 Å². The van der Waals surface area contributed by atoms with Gasteiger partial charge in [-0.15, -0.1) is 0 Å². The van der Waals surface area contributed by atoms with Crippen LogP contribution in [-0.2, 0) is 6.54 Å². The number of fused-ring (bicyclic) bond motifs is 1. The average molecular weight is 578 g/mol. The Morgan fingerprint density at radius 3 is 2.57 bits per heavy atom. The molecule has 0 aliphatic heterocycles. The van der Waals surface area contributed by atoms with E-state index in [-0.39, 0.29) is 6.03 Å². The van der Waals surface area contributed by atoms with Crippen molar-refractivity contribution in [3.8, 4) is 17.0 Å². The Balaban J connectivity index is 1.31. The first-order valence-electron chi connectivity index (χ1n) is 11.3. The zero-order valence-corrected chi connectivity index (χ0v) is 22.0. The molecule has 0 spiro atoms. The number of carbonyl (C=O) groups excluding carboxylic acids is 1. The number of hydrogen-bond donors (Lipinski definition) is 3. The fraction of sp³-hybridized carbons (Fsp3) is 0.0741. The van der Waals surface area contributed by atoms with Crippen LogP contribution in [0.3, 0.4) is 0 Å². The Kier molecular flexibility index (Phi) is 7.25. The van der Waals surface area contributed by atoms with E-state index in [0.717, 1.165) is 32.9 Å². The Morgan fingerprint density at radius 2 is 1.78 bits per heavy atom. The summed E-state index contributed by atoms with van der Waals surface area (Å²) in [6.07, 6.45) is 1.70.